The SMILES string of the molecule is O=C(O)C[C@H]1C[C@@H]2c3cc(NC(=O)Cc4ccncc4)ccc3O[C@@H]2[C@H](CO)O1. The average Bonchev–Trinajstić information content (AvgIpc) is 3.05. The summed E-state index contributed by atoms with van der Waals surface area (Å²) in [5, 5.41) is 21.7. The Bertz CT molecular complexity index is 903. The van der Waals surface area contributed by atoms with Crippen LogP contribution < -0.4 is 10.1 Å². The van der Waals surface area contributed by atoms with Gasteiger partial charge in [0.25, 0.3) is 0 Å². The number of nitrogens with one attached hydrogen (secondary N) is 1. The second kappa shape index (κ2) is 8.18. The summed E-state index contributed by atoms with van der Waals surface area (Å²) in [4.78, 5) is 27.4. The first-order valence-corrected chi connectivity index (χ1v) is 9.51. The molecule has 1 amide bonds. The van der Waals surface area contributed by atoms with Crippen LogP contribution >= 0.6 is 0 Å². The molecular formula is C21H22N2O6. The number of pyridine rings is 1. The molecule has 8 nitrogen and oxygen atoms in total. The Kier molecular flexibility index (Phi) is 5.46. The molecular weight excluding hydrogens is 376 g/mol. The van der Waals surface area contributed by atoms with Crippen molar-refractivity contribution in [2.24, 2.45) is 0 Å². The highest BCUT2D eigenvalue weighted by atomic mass is 16.6. The number of nitrogens with zero attached hydrogens (tertiary/aromatic N) is 1. The monoisotopic (exact) mass is 398 g/mol. The van der Waals surface area contributed by atoms with E-state index < -0.39 is 18.2 Å². The first-order chi connectivity index (χ1) is 14.0. The summed E-state index contributed by atoms with van der Waals surface area (Å²) in [5.74, 6) is -0.514. The van der Waals surface area contributed by atoms with Gasteiger partial charge in [0.15, 0.2) is 0 Å². The van der Waals surface area contributed by atoms with Crippen LogP contribution in [-0.2, 0) is 20.7 Å². The number of anilines is 1. The number of aliphatic hydroxyl groups excluding tert-OH is 1. The number of carbonyl (C=O) groups is 2. The Hall–Kier alpha value is -2.97. The highest BCUT2D eigenvalue weighted by Gasteiger charge is 2.46. The van der Waals surface area contributed by atoms with E-state index in [9.17, 15) is 14.7 Å². The maximum atomic E-state index is 12.4. The summed E-state index contributed by atoms with van der Waals surface area (Å²) in [6.45, 7) is -0.249. The molecule has 0 bridgehead atoms. The number of aliphatic hydroxyl groups is 1. The summed E-state index contributed by atoms with van der Waals surface area (Å²) in [7, 11) is 0. The lowest BCUT2D eigenvalue weighted by Crippen LogP contribution is -2.46. The molecule has 0 saturated carbocycles. The van der Waals surface area contributed by atoms with Crippen molar-refractivity contribution >= 4 is 17.6 Å². The van der Waals surface area contributed by atoms with Crippen LogP contribution in [0, 0.1) is 0 Å². The fraction of sp³-hybridized carbons (Fsp3) is 0.381. The standard InChI is InChI=1S/C21H22N2O6/c24-11-18-21-16(9-14(28-18)10-20(26)27)15-8-13(1-2-17(15)29-21)23-19(25)7-12-3-5-22-6-4-12/h1-6,8,14,16,18,21,24H,7,9-11H2,(H,23,25)(H,26,27)/t14-,16-,18+,21+/m1/s1. The van der Waals surface area contributed by atoms with E-state index in [1.54, 1.807) is 36.7 Å². The number of hydrogen-bond acceptors (Lipinski definition) is 6. The van der Waals surface area contributed by atoms with E-state index in [0.29, 0.717) is 17.9 Å². The van der Waals surface area contributed by atoms with Crippen LogP contribution in [0.4, 0.5) is 5.69 Å². The molecule has 1 aromatic heterocycles. The molecule has 3 heterocycles. The molecule has 29 heavy (non-hydrogen) atoms. The van der Waals surface area contributed by atoms with Crippen LogP contribution in [0.3, 0.4) is 0 Å². The van der Waals surface area contributed by atoms with Crippen LogP contribution in [0.2, 0.25) is 0 Å². The molecule has 4 atom stereocenters. The lowest BCUT2D eigenvalue weighted by molar-refractivity contribution is -0.153. The Morgan fingerprint density at radius 2 is 2.00 bits per heavy atom. The maximum Gasteiger partial charge on any atom is 0.305 e. The van der Waals surface area contributed by atoms with Gasteiger partial charge in [0.05, 0.1) is 25.6 Å². The second-order valence-electron chi connectivity index (χ2n) is 7.33. The van der Waals surface area contributed by atoms with E-state index in [2.05, 4.69) is 10.3 Å². The lowest BCUT2D eigenvalue weighted by atomic mass is 9.84. The summed E-state index contributed by atoms with van der Waals surface area (Å²) >= 11 is 0. The van der Waals surface area contributed by atoms with Gasteiger partial charge in [-0.05, 0) is 42.3 Å². The molecule has 0 spiro atoms. The van der Waals surface area contributed by atoms with E-state index in [0.717, 1.165) is 11.1 Å². The van der Waals surface area contributed by atoms with Gasteiger partial charge >= 0.3 is 5.97 Å². The number of benzene rings is 1. The number of carbonyl (C=O) groups excluding carboxylic acids is 1. The molecule has 1 saturated heterocycles. The molecule has 2 aromatic rings. The highest BCUT2D eigenvalue weighted by molar-refractivity contribution is 5.92. The molecule has 8 heteroatoms. The molecule has 0 aliphatic carbocycles. The number of ether oxygens (including phenoxy) is 2. The molecule has 152 valence electrons. The van der Waals surface area contributed by atoms with E-state index in [-0.39, 0.29) is 37.4 Å². The molecule has 0 unspecified atom stereocenters. The number of carboxylic acids is 1. The third-order valence-electron chi connectivity index (χ3n) is 5.30. The number of fused-ring (bicyclic) bond motifs is 3. The van der Waals surface area contributed by atoms with Crippen LogP contribution in [0.25, 0.3) is 0 Å². The Balaban J connectivity index is 1.50. The van der Waals surface area contributed by atoms with E-state index in [4.69, 9.17) is 14.6 Å². The minimum Gasteiger partial charge on any atom is -0.487 e. The van der Waals surface area contributed by atoms with Gasteiger partial charge in [-0.15, -0.1) is 0 Å². The average molecular weight is 398 g/mol. The Labute approximate surface area is 167 Å². The summed E-state index contributed by atoms with van der Waals surface area (Å²) in [6, 6.07) is 9.00. The third kappa shape index (κ3) is 4.23. The molecule has 1 fully saturated rings. The molecule has 1 aromatic carbocycles. The minimum absolute atomic E-state index is 0.0997. The largest absolute Gasteiger partial charge is 0.487 e. The van der Waals surface area contributed by atoms with Crippen LogP contribution in [0.5, 0.6) is 5.75 Å². The van der Waals surface area contributed by atoms with Crippen molar-refractivity contribution in [1.82, 2.24) is 4.98 Å². The number of rotatable bonds is 6. The zero-order valence-electron chi connectivity index (χ0n) is 15.7. The van der Waals surface area contributed by atoms with E-state index in [1.165, 1.54) is 0 Å². The third-order valence-corrected chi connectivity index (χ3v) is 5.30. The fourth-order valence-electron chi connectivity index (χ4n) is 4.05. The number of aromatic nitrogens is 1. The number of hydrogen-bond donors (Lipinski definition) is 3. The smallest absolute Gasteiger partial charge is 0.305 e. The van der Waals surface area contributed by atoms with Gasteiger partial charge in [-0.1, -0.05) is 0 Å². The first kappa shape index (κ1) is 19.4. The molecule has 4 rings (SSSR count). The van der Waals surface area contributed by atoms with Crippen LogP contribution in [0.15, 0.2) is 42.7 Å². The van der Waals surface area contributed by atoms with Crippen molar-refractivity contribution in [3.8, 4) is 5.75 Å². The summed E-state index contributed by atoms with van der Waals surface area (Å²) in [5.41, 5.74) is 2.41. The van der Waals surface area contributed by atoms with E-state index >= 15 is 0 Å². The van der Waals surface area contributed by atoms with Crippen LogP contribution in [-0.4, -0.2) is 52.0 Å². The van der Waals surface area contributed by atoms with Crippen molar-refractivity contribution in [3.63, 3.8) is 0 Å². The van der Waals surface area contributed by atoms with Gasteiger partial charge in [-0.2, -0.15) is 0 Å². The molecule has 2 aliphatic heterocycles. The molecule has 0 radical (unpaired) electrons. The number of amides is 1. The number of carboxylic acid groups (broad SMARTS) is 1. The van der Waals surface area contributed by atoms with Gasteiger partial charge in [0.2, 0.25) is 5.91 Å². The zero-order valence-corrected chi connectivity index (χ0v) is 15.7. The Morgan fingerprint density at radius 1 is 1.21 bits per heavy atom. The van der Waals surface area contributed by atoms with Crippen molar-refractivity contribution in [1.29, 1.82) is 0 Å². The maximum absolute atomic E-state index is 12.4. The summed E-state index contributed by atoms with van der Waals surface area (Å²) in [6.07, 6.45) is 2.43. The van der Waals surface area contributed by atoms with Gasteiger partial charge in [-0.3, -0.25) is 14.6 Å². The van der Waals surface area contributed by atoms with Crippen molar-refractivity contribution < 1.29 is 29.3 Å². The summed E-state index contributed by atoms with van der Waals surface area (Å²) < 4.78 is 11.7. The van der Waals surface area contributed by atoms with E-state index in [1.807, 2.05) is 6.07 Å². The Morgan fingerprint density at radius 3 is 2.72 bits per heavy atom. The molecule has 3 N–H and O–H groups in total. The van der Waals surface area contributed by atoms with Crippen molar-refractivity contribution in [3.05, 3.63) is 53.9 Å². The fourth-order valence-corrected chi connectivity index (χ4v) is 4.05. The molecule has 2 aliphatic rings. The van der Waals surface area contributed by atoms with Crippen molar-refractivity contribution in [2.45, 2.75) is 43.5 Å². The topological polar surface area (TPSA) is 118 Å². The highest BCUT2D eigenvalue weighted by Crippen LogP contribution is 2.47. The minimum atomic E-state index is -0.943. The predicted octanol–water partition coefficient (Wildman–Crippen LogP) is 1.73. The van der Waals surface area contributed by atoms with Gasteiger partial charge < -0.3 is 25.0 Å². The second-order valence-corrected chi connectivity index (χ2v) is 7.33. The predicted molar refractivity (Wildman–Crippen MR) is 103 cm³/mol. The number of aliphatic carboxylic acids is 1. The normalized spacial score (nSPS) is 24.9. The van der Waals surface area contributed by atoms with Gasteiger partial charge in [-0.25, -0.2) is 0 Å². The van der Waals surface area contributed by atoms with Gasteiger partial charge in [0.1, 0.15) is 18.0 Å². The van der Waals surface area contributed by atoms with Gasteiger partial charge in [0, 0.05) is 29.6 Å². The quantitative estimate of drug-likeness (QED) is 0.678. The first-order valence-electron chi connectivity index (χ1n) is 9.51. The zero-order chi connectivity index (χ0) is 20.4. The van der Waals surface area contributed by atoms with Crippen molar-refractivity contribution in [2.75, 3.05) is 11.9 Å². The lowest BCUT2D eigenvalue weighted by Gasteiger charge is -2.36. The van der Waals surface area contributed by atoms with Crippen LogP contribution in [0.1, 0.15) is 29.9 Å².